The van der Waals surface area contributed by atoms with Crippen molar-refractivity contribution in [2.75, 3.05) is 49.4 Å². The number of nitrogens with one attached hydrogen (secondary N) is 2. The fraction of sp³-hybridized carbons (Fsp3) is 0.438. The van der Waals surface area contributed by atoms with Crippen LogP contribution in [0.1, 0.15) is 69.8 Å². The zero-order valence-corrected chi connectivity index (χ0v) is 40.9. The van der Waals surface area contributed by atoms with Gasteiger partial charge in [0, 0.05) is 38.6 Å². The minimum atomic E-state index is -5.22. The molecule has 3 N–H and O–H groups in total. The van der Waals surface area contributed by atoms with Crippen LogP contribution in [-0.4, -0.2) is 107 Å². The smallest absolute Gasteiger partial charge is 0.420 e. The molecule has 2 aromatic carbocycles. The number of alkyl halides is 3. The number of thiazole rings is 1. The van der Waals surface area contributed by atoms with E-state index in [9.17, 15) is 37.5 Å². The number of aryl methyl sites for hydroxylation is 1. The lowest BCUT2D eigenvalue weighted by atomic mass is 9.85. The first-order valence-electron chi connectivity index (χ1n) is 22.1. The number of rotatable bonds is 18. The van der Waals surface area contributed by atoms with Gasteiger partial charge in [-0.1, -0.05) is 63.2 Å². The molecule has 4 amide bonds. The standard InChI is InChI=1S/C48H53ClF4N8O8S/c1-27-41(70-26-57-27)30-11-9-29(10-12-30)22-56-43(64)35-19-32(62)24-59(35)44(65)42(46(3,4)5)58-37(63)25-68-18-17-67-15-8-16-69-38-20-33(49)36(23-55-38)61-28(2)60(45(66)47(61,6)7)34-14-13-31(21-54)39(40(34)50)48(51,52)53/h9-14,20,23,26,32,35,42,62H,2,8,15-19,22,24-25H2,1,3-7H3,(H,56,64)(H,58,63)/t32-,35+,42-/m1/s1. The molecule has 2 fully saturated rings. The first-order valence-corrected chi connectivity index (χ1v) is 23.3. The third-order valence-corrected chi connectivity index (χ3v) is 12.9. The minimum absolute atomic E-state index is 0.0410. The number of anilines is 2. The van der Waals surface area contributed by atoms with Gasteiger partial charge in [-0.2, -0.15) is 18.4 Å². The molecule has 2 aromatic heterocycles. The molecule has 22 heteroatoms. The average molecular weight is 1010 g/mol. The summed E-state index contributed by atoms with van der Waals surface area (Å²) in [7, 11) is 0. The summed E-state index contributed by atoms with van der Waals surface area (Å²) in [4.78, 5) is 66.9. The summed E-state index contributed by atoms with van der Waals surface area (Å²) in [5, 5.41) is 25.4. The summed E-state index contributed by atoms with van der Waals surface area (Å²) in [5.41, 5.74) is -1.02. The van der Waals surface area contributed by atoms with E-state index in [-0.39, 0.29) is 75.0 Å². The van der Waals surface area contributed by atoms with E-state index >= 15 is 4.39 Å². The number of β-amino-alcohol motifs (C(OH)–C–C–N with tert-alkyl or cyclic N) is 1. The number of pyridine rings is 1. The molecule has 3 atom stereocenters. The summed E-state index contributed by atoms with van der Waals surface area (Å²) in [6, 6.07) is 10.2. The second kappa shape index (κ2) is 21.9. The van der Waals surface area contributed by atoms with Crippen LogP contribution in [0.25, 0.3) is 10.4 Å². The number of hydrogen-bond donors (Lipinski definition) is 3. The van der Waals surface area contributed by atoms with Gasteiger partial charge in [0.2, 0.25) is 23.6 Å². The van der Waals surface area contributed by atoms with Gasteiger partial charge in [0.15, 0.2) is 5.82 Å². The Balaban J connectivity index is 0.923. The predicted octanol–water partition coefficient (Wildman–Crippen LogP) is 6.91. The molecule has 374 valence electrons. The van der Waals surface area contributed by atoms with E-state index < -0.39 is 81.6 Å². The van der Waals surface area contributed by atoms with Gasteiger partial charge in [0.1, 0.15) is 35.6 Å². The highest BCUT2D eigenvalue weighted by Crippen LogP contribution is 2.46. The Labute approximate surface area is 411 Å². The molecule has 0 spiro atoms. The van der Waals surface area contributed by atoms with Crippen molar-refractivity contribution in [2.45, 2.75) is 90.8 Å². The Morgan fingerprint density at radius 2 is 1.76 bits per heavy atom. The topological polar surface area (TPSA) is 200 Å². The Morgan fingerprint density at radius 1 is 1.06 bits per heavy atom. The number of nitriles is 1. The molecule has 0 unspecified atom stereocenters. The fourth-order valence-electron chi connectivity index (χ4n) is 8.06. The average Bonchev–Trinajstić information content (AvgIpc) is 3.96. The lowest BCUT2D eigenvalue weighted by Gasteiger charge is -2.35. The van der Waals surface area contributed by atoms with Gasteiger partial charge >= 0.3 is 6.18 Å². The number of likely N-dealkylation sites (tertiary alicyclic amines) is 1. The van der Waals surface area contributed by atoms with Crippen molar-refractivity contribution in [1.82, 2.24) is 25.5 Å². The van der Waals surface area contributed by atoms with Crippen LogP contribution >= 0.6 is 22.9 Å². The second-order valence-corrected chi connectivity index (χ2v) is 19.4. The summed E-state index contributed by atoms with van der Waals surface area (Å²) < 4.78 is 73.5. The van der Waals surface area contributed by atoms with Crippen LogP contribution in [0.15, 0.2) is 66.6 Å². The van der Waals surface area contributed by atoms with Gasteiger partial charge in [0.25, 0.3) is 5.91 Å². The van der Waals surface area contributed by atoms with Crippen LogP contribution in [-0.2, 0) is 41.4 Å². The number of carbonyl (C=O) groups excluding carboxylic acids is 4. The molecule has 0 aliphatic carbocycles. The van der Waals surface area contributed by atoms with Gasteiger partial charge < -0.3 is 39.8 Å². The number of hydrogen-bond acceptors (Lipinski definition) is 13. The maximum Gasteiger partial charge on any atom is 0.420 e. The summed E-state index contributed by atoms with van der Waals surface area (Å²) in [6.07, 6.45) is -4.41. The number of benzene rings is 2. The van der Waals surface area contributed by atoms with E-state index in [1.165, 1.54) is 42.0 Å². The Hall–Kier alpha value is -6.18. The molecule has 4 aromatic rings. The Morgan fingerprint density at radius 3 is 2.39 bits per heavy atom. The van der Waals surface area contributed by atoms with E-state index in [0.29, 0.717) is 11.3 Å². The molecule has 0 saturated carbocycles. The van der Waals surface area contributed by atoms with Crippen molar-refractivity contribution in [2.24, 2.45) is 5.41 Å². The first kappa shape index (κ1) is 53.2. The van der Waals surface area contributed by atoms with Crippen molar-refractivity contribution < 1.29 is 56.1 Å². The van der Waals surface area contributed by atoms with E-state index in [1.54, 1.807) is 37.6 Å². The van der Waals surface area contributed by atoms with E-state index in [1.807, 2.05) is 31.2 Å². The quantitative estimate of drug-likeness (QED) is 0.0689. The molecule has 2 aliphatic heterocycles. The van der Waals surface area contributed by atoms with E-state index in [4.69, 9.17) is 31.1 Å². The molecule has 4 heterocycles. The first-order chi connectivity index (χ1) is 32.9. The van der Waals surface area contributed by atoms with Crippen LogP contribution in [0, 0.1) is 29.5 Å². The van der Waals surface area contributed by atoms with Crippen molar-refractivity contribution >= 4 is 57.9 Å². The van der Waals surface area contributed by atoms with Crippen molar-refractivity contribution in [3.63, 3.8) is 0 Å². The minimum Gasteiger partial charge on any atom is -0.478 e. The van der Waals surface area contributed by atoms with Gasteiger partial charge in [0.05, 0.1) is 76.2 Å². The summed E-state index contributed by atoms with van der Waals surface area (Å²) >= 11 is 8.14. The monoisotopic (exact) mass is 1010 g/mol. The van der Waals surface area contributed by atoms with Crippen LogP contribution in [0.5, 0.6) is 5.88 Å². The van der Waals surface area contributed by atoms with E-state index in [2.05, 4.69) is 27.2 Å². The van der Waals surface area contributed by atoms with Gasteiger partial charge in [-0.15, -0.1) is 11.3 Å². The SMILES string of the molecule is C=C1N(c2ccc(C#N)c(C(F)(F)F)c2F)C(=O)C(C)(C)N1c1cnc(OCCCOCCOCC(=O)N[C@H](C(=O)N2C[C@H](O)C[C@H]2C(=O)NCc2ccc(-c3scnc3C)cc2)C(C)(C)C)cc1Cl. The Bertz CT molecular complexity index is 2650. The molecular formula is C48H53ClF4N8O8S. The zero-order valence-electron chi connectivity index (χ0n) is 39.3. The number of carbonyl (C=O) groups is 4. The molecule has 6 rings (SSSR count). The van der Waals surface area contributed by atoms with E-state index in [0.717, 1.165) is 33.8 Å². The summed E-state index contributed by atoms with van der Waals surface area (Å²) in [5.74, 6) is -4.19. The molecule has 0 radical (unpaired) electrons. The van der Waals surface area contributed by atoms with Crippen molar-refractivity contribution in [3.05, 3.63) is 99.8 Å². The molecule has 2 aliphatic rings. The molecular weight excluding hydrogens is 960 g/mol. The molecule has 70 heavy (non-hydrogen) atoms. The zero-order chi connectivity index (χ0) is 51.3. The third kappa shape index (κ3) is 11.9. The van der Waals surface area contributed by atoms with Crippen LogP contribution in [0.4, 0.5) is 28.9 Å². The normalized spacial score (nSPS) is 17.4. The highest BCUT2D eigenvalue weighted by molar-refractivity contribution is 7.13. The predicted molar refractivity (Wildman–Crippen MR) is 252 cm³/mol. The number of aliphatic hydroxyl groups is 1. The number of aromatic nitrogens is 2. The highest BCUT2D eigenvalue weighted by Gasteiger charge is 2.52. The van der Waals surface area contributed by atoms with Crippen LogP contribution in [0.2, 0.25) is 5.02 Å². The van der Waals surface area contributed by atoms with Gasteiger partial charge in [-0.25, -0.2) is 14.4 Å². The number of amides is 4. The number of aliphatic hydroxyl groups excluding tert-OH is 1. The fourth-order valence-corrected chi connectivity index (χ4v) is 9.10. The Kier molecular flexibility index (Phi) is 16.6. The van der Waals surface area contributed by atoms with Crippen molar-refractivity contribution in [1.29, 1.82) is 5.26 Å². The third-order valence-electron chi connectivity index (χ3n) is 11.6. The lowest BCUT2D eigenvalue weighted by Crippen LogP contribution is -2.58. The largest absolute Gasteiger partial charge is 0.478 e. The number of nitrogens with zero attached hydrogens (tertiary/aromatic N) is 6. The number of ether oxygens (including phenoxy) is 3. The highest BCUT2D eigenvalue weighted by atomic mass is 35.5. The lowest BCUT2D eigenvalue weighted by molar-refractivity contribution is -0.144. The molecule has 2 saturated heterocycles. The maximum atomic E-state index is 15.4. The maximum absolute atomic E-state index is 15.4. The van der Waals surface area contributed by atoms with Gasteiger partial charge in [-0.3, -0.25) is 24.1 Å². The summed E-state index contributed by atoms with van der Waals surface area (Å²) in [6.45, 7) is 14.4. The van der Waals surface area contributed by atoms with Crippen molar-refractivity contribution in [3.8, 4) is 22.4 Å². The van der Waals surface area contributed by atoms with Crippen LogP contribution in [0.3, 0.4) is 0 Å². The second-order valence-electron chi connectivity index (χ2n) is 18.2. The van der Waals surface area contributed by atoms with Crippen LogP contribution < -0.4 is 25.2 Å². The number of halogens is 5. The molecule has 16 nitrogen and oxygen atoms in total. The van der Waals surface area contributed by atoms with Gasteiger partial charge in [-0.05, 0) is 49.4 Å². The molecule has 0 bridgehead atoms.